The number of rotatable bonds is 5. The lowest BCUT2D eigenvalue weighted by molar-refractivity contribution is -0.137. The molecule has 0 radical (unpaired) electrons. The van der Waals surface area contributed by atoms with E-state index in [9.17, 15) is 22.8 Å². The Morgan fingerprint density at radius 3 is 2.40 bits per heavy atom. The molecule has 0 aliphatic carbocycles. The number of alkyl halides is 3. The highest BCUT2D eigenvalue weighted by Crippen LogP contribution is 2.31. The molecule has 0 saturated heterocycles. The number of hydrogen-bond acceptors (Lipinski definition) is 3. The number of halogens is 3. The maximum atomic E-state index is 13.1. The summed E-state index contributed by atoms with van der Waals surface area (Å²) in [5, 5.41) is 2.64. The molecule has 3 aromatic rings. The maximum absolute atomic E-state index is 13.1. The zero-order valence-corrected chi connectivity index (χ0v) is 17.5. The average Bonchev–Trinajstić information content (AvgIpc) is 2.73. The number of aromatic nitrogens is 1. The number of aryl methyl sites for hydroxylation is 1. The molecule has 0 aliphatic rings. The molecular weight excluding hydrogens is 413 g/mol. The highest BCUT2D eigenvalue weighted by atomic mass is 32.2. The van der Waals surface area contributed by atoms with Crippen molar-refractivity contribution in [1.29, 1.82) is 0 Å². The van der Waals surface area contributed by atoms with Crippen molar-refractivity contribution in [2.24, 2.45) is 0 Å². The zero-order valence-electron chi connectivity index (χ0n) is 16.7. The topological polar surface area (TPSA) is 51.1 Å². The van der Waals surface area contributed by atoms with Gasteiger partial charge in [0.15, 0.2) is 0 Å². The summed E-state index contributed by atoms with van der Waals surface area (Å²) in [7, 11) is 0. The second-order valence-electron chi connectivity index (χ2n) is 6.86. The number of nitrogens with zero attached hydrogens (tertiary/aromatic N) is 1. The summed E-state index contributed by atoms with van der Waals surface area (Å²) >= 11 is 1.60. The molecule has 1 heterocycles. The number of fused-ring (bicyclic) bond motifs is 1. The number of hydrogen-bond donors (Lipinski definition) is 1. The Kier molecular flexibility index (Phi) is 6.26. The van der Waals surface area contributed by atoms with Gasteiger partial charge in [0.05, 0.1) is 17.1 Å². The Bertz CT molecular complexity index is 1140. The molecule has 0 fully saturated rings. The van der Waals surface area contributed by atoms with Crippen molar-refractivity contribution in [1.82, 2.24) is 9.88 Å². The Labute approximate surface area is 176 Å². The summed E-state index contributed by atoms with van der Waals surface area (Å²) < 4.78 is 40.9. The van der Waals surface area contributed by atoms with Crippen LogP contribution < -0.4 is 10.7 Å². The van der Waals surface area contributed by atoms with E-state index in [0.29, 0.717) is 12.1 Å². The van der Waals surface area contributed by atoms with Gasteiger partial charge in [-0.25, -0.2) is 0 Å². The third-order valence-electron chi connectivity index (χ3n) is 4.96. The van der Waals surface area contributed by atoms with Crippen molar-refractivity contribution >= 4 is 28.6 Å². The smallest absolute Gasteiger partial charge is 0.347 e. The van der Waals surface area contributed by atoms with Crippen LogP contribution in [-0.4, -0.2) is 16.7 Å². The largest absolute Gasteiger partial charge is 0.416 e. The van der Waals surface area contributed by atoms with Crippen LogP contribution in [0.15, 0.2) is 58.4 Å². The second kappa shape index (κ2) is 8.55. The molecular formula is C22H21F3N2O2S. The summed E-state index contributed by atoms with van der Waals surface area (Å²) in [5.41, 5.74) is -0.612. The number of pyridine rings is 1. The van der Waals surface area contributed by atoms with E-state index >= 15 is 0 Å². The lowest BCUT2D eigenvalue weighted by Gasteiger charge is -2.17. The fourth-order valence-electron chi connectivity index (χ4n) is 3.25. The number of benzene rings is 2. The molecule has 0 bridgehead atoms. The van der Waals surface area contributed by atoms with Crippen molar-refractivity contribution in [3.63, 3.8) is 0 Å². The molecule has 2 aromatic carbocycles. The van der Waals surface area contributed by atoms with E-state index in [1.807, 2.05) is 30.5 Å². The first-order valence-corrected chi connectivity index (χ1v) is 10.6. The van der Waals surface area contributed by atoms with Crippen LogP contribution in [0.3, 0.4) is 0 Å². The van der Waals surface area contributed by atoms with Crippen molar-refractivity contribution in [2.75, 3.05) is 6.26 Å². The zero-order chi connectivity index (χ0) is 22.1. The van der Waals surface area contributed by atoms with Gasteiger partial charge < -0.3 is 9.88 Å². The summed E-state index contributed by atoms with van der Waals surface area (Å²) in [6.45, 7) is 3.97. The molecule has 1 N–H and O–H groups in total. The number of amides is 1. The second-order valence-corrected chi connectivity index (χ2v) is 7.74. The van der Waals surface area contributed by atoms with E-state index in [2.05, 4.69) is 5.32 Å². The molecule has 0 unspecified atom stereocenters. The van der Waals surface area contributed by atoms with E-state index in [1.165, 1.54) is 12.3 Å². The Hall–Kier alpha value is -2.74. The number of carbonyl (C=O) groups is 1. The lowest BCUT2D eigenvalue weighted by Crippen LogP contribution is -2.32. The average molecular weight is 434 g/mol. The highest BCUT2D eigenvalue weighted by molar-refractivity contribution is 7.98. The molecule has 1 aromatic heterocycles. The van der Waals surface area contributed by atoms with Gasteiger partial charge in [-0.2, -0.15) is 13.2 Å². The van der Waals surface area contributed by atoms with Crippen LogP contribution in [-0.2, 0) is 12.7 Å². The SMILES string of the molecule is CCn1cc(C(=O)N[C@H](C)c2ccc(SC)cc2)c(=O)c2cc(C(F)(F)F)ccc21. The number of carbonyl (C=O) groups excluding carboxylic acids is 1. The van der Waals surface area contributed by atoms with Crippen molar-refractivity contribution in [2.45, 2.75) is 37.5 Å². The molecule has 4 nitrogen and oxygen atoms in total. The quantitative estimate of drug-likeness (QED) is 0.558. The molecule has 30 heavy (non-hydrogen) atoms. The molecule has 158 valence electrons. The summed E-state index contributed by atoms with van der Waals surface area (Å²) in [4.78, 5) is 26.8. The minimum atomic E-state index is -4.58. The van der Waals surface area contributed by atoms with Crippen LogP contribution in [0.5, 0.6) is 0 Å². The van der Waals surface area contributed by atoms with Gasteiger partial charge in [-0.3, -0.25) is 9.59 Å². The third-order valence-corrected chi connectivity index (χ3v) is 5.70. The molecule has 1 amide bonds. The molecule has 0 spiro atoms. The third kappa shape index (κ3) is 4.38. The van der Waals surface area contributed by atoms with Gasteiger partial charge in [0.25, 0.3) is 5.91 Å². The van der Waals surface area contributed by atoms with Crippen molar-refractivity contribution in [3.05, 3.63) is 75.6 Å². The molecule has 1 atom stereocenters. The molecule has 8 heteroatoms. The minimum Gasteiger partial charge on any atom is -0.347 e. The predicted molar refractivity (Wildman–Crippen MR) is 113 cm³/mol. The van der Waals surface area contributed by atoms with Crippen LogP contribution in [0.25, 0.3) is 10.9 Å². The molecule has 0 aliphatic heterocycles. The number of thioether (sulfide) groups is 1. The van der Waals surface area contributed by atoms with Gasteiger partial charge in [-0.15, -0.1) is 11.8 Å². The molecule has 0 saturated carbocycles. The summed E-state index contributed by atoms with van der Waals surface area (Å²) in [6, 6.07) is 10.3. The fraction of sp³-hybridized carbons (Fsp3) is 0.273. The summed E-state index contributed by atoms with van der Waals surface area (Å²) in [5.74, 6) is -0.622. The van der Waals surface area contributed by atoms with E-state index in [4.69, 9.17) is 0 Å². The number of nitrogens with one attached hydrogen (secondary N) is 1. The van der Waals surface area contributed by atoms with E-state index in [1.54, 1.807) is 30.2 Å². The standard InChI is InChI=1S/C22H21F3N2O2S/c1-4-27-12-18(20(28)17-11-15(22(23,24)25)7-10-19(17)27)21(29)26-13(2)14-5-8-16(30-3)9-6-14/h5-13H,4H2,1-3H3,(H,26,29)/t13-/m1/s1. The van der Waals surface area contributed by atoms with Crippen LogP contribution >= 0.6 is 11.8 Å². The normalized spacial score (nSPS) is 12.7. The Morgan fingerprint density at radius 2 is 1.83 bits per heavy atom. The van der Waals surface area contributed by atoms with Gasteiger partial charge in [0, 0.05) is 23.0 Å². The van der Waals surface area contributed by atoms with Gasteiger partial charge in [0.2, 0.25) is 5.43 Å². The fourth-order valence-corrected chi connectivity index (χ4v) is 3.66. The van der Waals surface area contributed by atoms with Gasteiger partial charge in [-0.1, -0.05) is 12.1 Å². The Balaban J connectivity index is 2.00. The van der Waals surface area contributed by atoms with Crippen LogP contribution in [0, 0.1) is 0 Å². The lowest BCUT2D eigenvalue weighted by atomic mass is 10.1. The molecule has 3 rings (SSSR count). The first-order chi connectivity index (χ1) is 14.2. The van der Waals surface area contributed by atoms with Crippen LogP contribution in [0.1, 0.15) is 41.4 Å². The predicted octanol–water partition coefficient (Wildman–Crippen LogP) is 5.25. The minimum absolute atomic E-state index is 0.128. The van der Waals surface area contributed by atoms with E-state index in [-0.39, 0.29) is 17.0 Å². The Morgan fingerprint density at radius 1 is 1.17 bits per heavy atom. The van der Waals surface area contributed by atoms with E-state index in [0.717, 1.165) is 22.6 Å². The van der Waals surface area contributed by atoms with Crippen LogP contribution in [0.4, 0.5) is 13.2 Å². The van der Waals surface area contributed by atoms with Crippen molar-refractivity contribution < 1.29 is 18.0 Å². The van der Waals surface area contributed by atoms with Gasteiger partial charge in [-0.05, 0) is 56.0 Å². The van der Waals surface area contributed by atoms with Crippen LogP contribution in [0.2, 0.25) is 0 Å². The van der Waals surface area contributed by atoms with Gasteiger partial charge in [0.1, 0.15) is 5.56 Å². The van der Waals surface area contributed by atoms with E-state index < -0.39 is 23.1 Å². The highest BCUT2D eigenvalue weighted by Gasteiger charge is 2.31. The first kappa shape index (κ1) is 22.0. The summed E-state index contributed by atoms with van der Waals surface area (Å²) in [6.07, 6.45) is -1.22. The maximum Gasteiger partial charge on any atom is 0.416 e. The van der Waals surface area contributed by atoms with Gasteiger partial charge >= 0.3 is 6.18 Å². The van der Waals surface area contributed by atoms with Crippen molar-refractivity contribution in [3.8, 4) is 0 Å². The first-order valence-electron chi connectivity index (χ1n) is 9.35. The monoisotopic (exact) mass is 434 g/mol.